The van der Waals surface area contributed by atoms with E-state index in [2.05, 4.69) is 36.2 Å². The Balaban J connectivity index is 2.13. The van der Waals surface area contributed by atoms with Crippen LogP contribution in [0.1, 0.15) is 45.3 Å². The molecule has 1 aromatic rings. The second-order valence-corrected chi connectivity index (χ2v) is 4.59. The zero-order valence-corrected chi connectivity index (χ0v) is 12.6. The lowest BCUT2D eigenvalue weighted by atomic mass is 10.4. The number of rotatable bonds is 11. The normalized spacial score (nSPS) is 11.1. The number of ether oxygens (including phenoxy) is 1. The molecule has 0 aliphatic carbocycles. The van der Waals surface area contributed by atoms with E-state index in [-0.39, 0.29) is 0 Å². The van der Waals surface area contributed by atoms with Crippen molar-refractivity contribution >= 4 is 0 Å². The zero-order chi connectivity index (χ0) is 13.9. The predicted octanol–water partition coefficient (Wildman–Crippen LogP) is 1.81. The third-order valence-corrected chi connectivity index (χ3v) is 2.99. The van der Waals surface area contributed by atoms with E-state index in [1.54, 1.807) is 0 Å². The third-order valence-electron chi connectivity index (χ3n) is 2.99. The molecule has 110 valence electrons. The van der Waals surface area contributed by atoms with Gasteiger partial charge in [0.2, 0.25) is 0 Å². The minimum absolute atomic E-state index is 0.790. The van der Waals surface area contributed by atoms with Gasteiger partial charge in [0.1, 0.15) is 5.82 Å². The molecule has 0 saturated carbocycles. The van der Waals surface area contributed by atoms with Crippen molar-refractivity contribution in [2.75, 3.05) is 26.3 Å². The maximum atomic E-state index is 5.50. The number of nitrogens with one attached hydrogen (secondary N) is 1. The molecule has 19 heavy (non-hydrogen) atoms. The Kier molecular flexibility index (Phi) is 8.41. The number of hydrogen-bond acceptors (Lipinski definition) is 4. The summed E-state index contributed by atoms with van der Waals surface area (Å²) in [4.78, 5) is 4.50. The Bertz CT molecular complexity index is 338. The molecule has 0 amide bonds. The molecule has 0 bridgehead atoms. The minimum atomic E-state index is 0.790. The molecule has 0 saturated heterocycles. The lowest BCUT2D eigenvalue weighted by Crippen LogP contribution is -2.25. The summed E-state index contributed by atoms with van der Waals surface area (Å²) in [6, 6.07) is 0. The maximum absolute atomic E-state index is 5.50. The summed E-state index contributed by atoms with van der Waals surface area (Å²) < 4.78 is 7.51. The Morgan fingerprint density at radius 1 is 1.11 bits per heavy atom. The van der Waals surface area contributed by atoms with Gasteiger partial charge in [-0.1, -0.05) is 27.2 Å². The third kappa shape index (κ3) is 6.16. The van der Waals surface area contributed by atoms with Crippen molar-refractivity contribution in [3.63, 3.8) is 0 Å². The van der Waals surface area contributed by atoms with E-state index < -0.39 is 0 Å². The van der Waals surface area contributed by atoms with Gasteiger partial charge in [0, 0.05) is 32.5 Å². The van der Waals surface area contributed by atoms with Gasteiger partial charge in [-0.15, -0.1) is 0 Å². The summed E-state index contributed by atoms with van der Waals surface area (Å²) in [5.41, 5.74) is 0. The van der Waals surface area contributed by atoms with Crippen LogP contribution in [0.25, 0.3) is 0 Å². The molecule has 0 radical (unpaired) electrons. The summed E-state index contributed by atoms with van der Waals surface area (Å²) in [6.07, 6.45) is 4.18. The molecule has 1 aromatic heterocycles. The van der Waals surface area contributed by atoms with E-state index in [0.29, 0.717) is 0 Å². The van der Waals surface area contributed by atoms with Crippen LogP contribution < -0.4 is 5.32 Å². The molecule has 0 spiro atoms. The van der Waals surface area contributed by atoms with Gasteiger partial charge in [0.05, 0.1) is 13.2 Å². The van der Waals surface area contributed by atoms with Crippen LogP contribution in [-0.4, -0.2) is 41.1 Å². The van der Waals surface area contributed by atoms with Crippen molar-refractivity contribution in [3.05, 3.63) is 11.6 Å². The van der Waals surface area contributed by atoms with Crippen molar-refractivity contribution in [1.29, 1.82) is 0 Å². The highest BCUT2D eigenvalue weighted by Gasteiger charge is 2.05. The lowest BCUT2D eigenvalue weighted by Gasteiger charge is -2.07. The molecule has 5 nitrogen and oxygen atoms in total. The first-order valence-electron chi connectivity index (χ1n) is 7.52. The van der Waals surface area contributed by atoms with E-state index in [9.17, 15) is 0 Å². The van der Waals surface area contributed by atoms with Crippen LogP contribution in [0.15, 0.2) is 0 Å². The van der Waals surface area contributed by atoms with Gasteiger partial charge in [-0.2, -0.15) is 5.10 Å². The summed E-state index contributed by atoms with van der Waals surface area (Å²) in [5.74, 6) is 2.03. The van der Waals surface area contributed by atoms with Crippen molar-refractivity contribution in [3.8, 4) is 0 Å². The van der Waals surface area contributed by atoms with Gasteiger partial charge >= 0.3 is 0 Å². The van der Waals surface area contributed by atoms with Gasteiger partial charge in [-0.3, -0.25) is 0 Å². The molecule has 0 aliphatic heterocycles. The molecule has 1 N–H and O–H groups in total. The van der Waals surface area contributed by atoms with E-state index in [0.717, 1.165) is 63.8 Å². The molecule has 0 fully saturated rings. The minimum Gasteiger partial charge on any atom is -0.380 e. The average molecular weight is 268 g/mol. The first kappa shape index (κ1) is 16.1. The van der Waals surface area contributed by atoms with Gasteiger partial charge in [0.25, 0.3) is 0 Å². The monoisotopic (exact) mass is 268 g/mol. The van der Waals surface area contributed by atoms with E-state index in [4.69, 9.17) is 4.74 Å². The molecule has 1 rings (SSSR count). The summed E-state index contributed by atoms with van der Waals surface area (Å²) in [5, 5.41) is 7.87. The Hall–Kier alpha value is -0.940. The smallest absolute Gasteiger partial charge is 0.150 e. The van der Waals surface area contributed by atoms with E-state index in [1.807, 2.05) is 4.68 Å². The molecule has 5 heteroatoms. The molecular weight excluding hydrogens is 240 g/mol. The van der Waals surface area contributed by atoms with Crippen LogP contribution in [0.3, 0.4) is 0 Å². The topological polar surface area (TPSA) is 52.0 Å². The lowest BCUT2D eigenvalue weighted by molar-refractivity contribution is 0.133. The maximum Gasteiger partial charge on any atom is 0.150 e. The fourth-order valence-electron chi connectivity index (χ4n) is 1.82. The molecular formula is C14H28N4O. The van der Waals surface area contributed by atoms with Crippen molar-refractivity contribution in [1.82, 2.24) is 20.1 Å². The highest BCUT2D eigenvalue weighted by Crippen LogP contribution is 2.00. The van der Waals surface area contributed by atoms with E-state index >= 15 is 0 Å². The Morgan fingerprint density at radius 2 is 1.95 bits per heavy atom. The molecule has 0 aliphatic rings. The van der Waals surface area contributed by atoms with Gasteiger partial charge in [-0.25, -0.2) is 9.67 Å². The standard InChI is InChI=1S/C14H28N4O/c1-4-7-11-19-12-9-15-8-10-18-14(6-3)16-13(5-2)17-18/h15H,4-12H2,1-3H3. The van der Waals surface area contributed by atoms with Gasteiger partial charge < -0.3 is 10.1 Å². The zero-order valence-electron chi connectivity index (χ0n) is 12.6. The fourth-order valence-corrected chi connectivity index (χ4v) is 1.82. The Labute approximate surface area is 116 Å². The van der Waals surface area contributed by atoms with Gasteiger partial charge in [0.15, 0.2) is 5.82 Å². The molecule has 0 unspecified atom stereocenters. The molecule has 0 atom stereocenters. The summed E-state index contributed by atoms with van der Waals surface area (Å²) in [6.45, 7) is 10.7. The van der Waals surface area contributed by atoms with Crippen LogP contribution in [-0.2, 0) is 24.1 Å². The van der Waals surface area contributed by atoms with Crippen LogP contribution in [0.2, 0.25) is 0 Å². The van der Waals surface area contributed by atoms with Crippen molar-refractivity contribution in [2.45, 2.75) is 53.0 Å². The average Bonchev–Trinajstić information content (AvgIpc) is 2.84. The summed E-state index contributed by atoms with van der Waals surface area (Å²) in [7, 11) is 0. The first-order valence-corrected chi connectivity index (χ1v) is 7.52. The van der Waals surface area contributed by atoms with Crippen LogP contribution in [0, 0.1) is 0 Å². The van der Waals surface area contributed by atoms with Crippen molar-refractivity contribution < 1.29 is 4.74 Å². The number of hydrogen-bond donors (Lipinski definition) is 1. The first-order chi connectivity index (χ1) is 9.31. The largest absolute Gasteiger partial charge is 0.380 e. The Morgan fingerprint density at radius 3 is 2.63 bits per heavy atom. The number of aryl methyl sites for hydroxylation is 2. The molecule has 0 aromatic carbocycles. The second-order valence-electron chi connectivity index (χ2n) is 4.59. The second kappa shape index (κ2) is 9.92. The SMILES string of the molecule is CCCCOCCNCCn1nc(CC)nc1CC. The number of aromatic nitrogens is 3. The molecule has 1 heterocycles. The van der Waals surface area contributed by atoms with Gasteiger partial charge in [-0.05, 0) is 6.42 Å². The predicted molar refractivity (Wildman–Crippen MR) is 77.4 cm³/mol. The van der Waals surface area contributed by atoms with Crippen LogP contribution in [0.5, 0.6) is 0 Å². The number of unbranched alkanes of at least 4 members (excludes halogenated alkanes) is 1. The van der Waals surface area contributed by atoms with Crippen molar-refractivity contribution in [2.24, 2.45) is 0 Å². The highest BCUT2D eigenvalue weighted by molar-refractivity contribution is 4.92. The fraction of sp³-hybridized carbons (Fsp3) is 0.857. The highest BCUT2D eigenvalue weighted by atomic mass is 16.5. The number of nitrogens with zero attached hydrogens (tertiary/aromatic N) is 3. The van der Waals surface area contributed by atoms with E-state index in [1.165, 1.54) is 6.42 Å². The van der Waals surface area contributed by atoms with Crippen LogP contribution in [0.4, 0.5) is 0 Å². The quantitative estimate of drug-likeness (QED) is 0.622. The van der Waals surface area contributed by atoms with Crippen LogP contribution >= 0.6 is 0 Å². The summed E-state index contributed by atoms with van der Waals surface area (Å²) >= 11 is 0.